The molecule has 1 N–H and O–H groups in total. The zero-order valence-electron chi connectivity index (χ0n) is 9.20. The van der Waals surface area contributed by atoms with Gasteiger partial charge in [-0.2, -0.15) is 0 Å². The lowest BCUT2D eigenvalue weighted by molar-refractivity contribution is 0.245. The number of aromatic nitrogens is 1. The minimum atomic E-state index is 0. The van der Waals surface area contributed by atoms with Crippen LogP contribution in [0.3, 0.4) is 0 Å². The highest BCUT2D eigenvalue weighted by molar-refractivity contribution is 5.86. The Hall–Kier alpha value is -1.15. The molecule has 0 aliphatic carbocycles. The van der Waals surface area contributed by atoms with E-state index < -0.39 is 0 Å². The van der Waals surface area contributed by atoms with Crippen molar-refractivity contribution >= 4 is 23.3 Å². The van der Waals surface area contributed by atoms with E-state index in [2.05, 4.69) is 30.1 Å². The molecule has 0 bridgehead atoms. The molecule has 0 saturated heterocycles. The minimum absolute atomic E-state index is 0. The summed E-state index contributed by atoms with van der Waals surface area (Å²) in [7, 11) is 0. The summed E-state index contributed by atoms with van der Waals surface area (Å²) in [5, 5.41) is 1.17. The van der Waals surface area contributed by atoms with E-state index in [1.165, 1.54) is 10.9 Å². The van der Waals surface area contributed by atoms with Gasteiger partial charge in [-0.05, 0) is 32.9 Å². The number of nitrogens with one attached hydrogen (secondary N) is 1. The van der Waals surface area contributed by atoms with Crippen LogP contribution in [0.1, 0.15) is 19.4 Å². The molecule has 0 saturated carbocycles. The molecule has 1 aromatic carbocycles. The van der Waals surface area contributed by atoms with Crippen LogP contribution in [0.4, 0.5) is 0 Å². The first-order chi connectivity index (χ1) is 6.66. The second kappa shape index (κ2) is 4.58. The average molecular weight is 226 g/mol. The van der Waals surface area contributed by atoms with Crippen molar-refractivity contribution in [1.82, 2.24) is 4.98 Å². The van der Waals surface area contributed by atoms with Crippen molar-refractivity contribution in [2.24, 2.45) is 0 Å². The fraction of sp³-hybridized carbons (Fsp3) is 0.333. The Kier molecular flexibility index (Phi) is 3.64. The topological polar surface area (TPSA) is 25.0 Å². The zero-order valence-corrected chi connectivity index (χ0v) is 10.0. The summed E-state index contributed by atoms with van der Waals surface area (Å²) >= 11 is 0. The monoisotopic (exact) mass is 225 g/mol. The molecule has 0 aliphatic rings. The van der Waals surface area contributed by atoms with Gasteiger partial charge in [0.15, 0.2) is 0 Å². The van der Waals surface area contributed by atoms with Gasteiger partial charge in [-0.3, -0.25) is 0 Å². The number of ether oxygens (including phenoxy) is 1. The summed E-state index contributed by atoms with van der Waals surface area (Å²) in [5.74, 6) is 0.943. The highest BCUT2D eigenvalue weighted by Gasteiger charge is 2.05. The first-order valence-electron chi connectivity index (χ1n) is 4.91. The summed E-state index contributed by atoms with van der Waals surface area (Å²) < 4.78 is 5.69. The van der Waals surface area contributed by atoms with Crippen LogP contribution in [0.25, 0.3) is 10.9 Å². The maximum Gasteiger partial charge on any atom is 0.144 e. The number of aryl methyl sites for hydroxylation is 1. The second-order valence-electron chi connectivity index (χ2n) is 3.87. The third-order valence-electron chi connectivity index (χ3n) is 2.16. The quantitative estimate of drug-likeness (QED) is 0.829. The number of hydrogen-bond acceptors (Lipinski definition) is 1. The number of benzene rings is 1. The van der Waals surface area contributed by atoms with Gasteiger partial charge in [-0.25, -0.2) is 0 Å². The molecular formula is C12H16ClNO. The van der Waals surface area contributed by atoms with Crippen LogP contribution in [0.15, 0.2) is 24.4 Å². The summed E-state index contributed by atoms with van der Waals surface area (Å²) in [6, 6.07) is 6.32. The van der Waals surface area contributed by atoms with E-state index in [4.69, 9.17) is 4.74 Å². The Labute approximate surface area is 96.0 Å². The molecule has 0 spiro atoms. The number of aromatic amines is 1. The minimum Gasteiger partial charge on any atom is -0.489 e. The van der Waals surface area contributed by atoms with Crippen LogP contribution in [-0.2, 0) is 0 Å². The average Bonchev–Trinajstić information content (AvgIpc) is 2.47. The van der Waals surface area contributed by atoms with Crippen LogP contribution in [0.2, 0.25) is 0 Å². The molecule has 3 heteroatoms. The first kappa shape index (κ1) is 11.9. The fourth-order valence-corrected chi connectivity index (χ4v) is 1.56. The third-order valence-corrected chi connectivity index (χ3v) is 2.16. The zero-order chi connectivity index (χ0) is 10.1. The van der Waals surface area contributed by atoms with Gasteiger partial charge in [-0.15, -0.1) is 12.4 Å². The highest BCUT2D eigenvalue weighted by atomic mass is 35.5. The van der Waals surface area contributed by atoms with Gasteiger partial charge in [0.05, 0.1) is 6.10 Å². The smallest absolute Gasteiger partial charge is 0.144 e. The van der Waals surface area contributed by atoms with E-state index in [1.54, 1.807) is 0 Å². The molecule has 82 valence electrons. The first-order valence-corrected chi connectivity index (χ1v) is 4.91. The molecule has 0 atom stereocenters. The molecule has 0 aliphatic heterocycles. The molecule has 2 nitrogen and oxygen atoms in total. The van der Waals surface area contributed by atoms with Gasteiger partial charge in [0.2, 0.25) is 0 Å². The van der Waals surface area contributed by atoms with E-state index in [0.717, 1.165) is 11.3 Å². The van der Waals surface area contributed by atoms with E-state index >= 15 is 0 Å². The van der Waals surface area contributed by atoms with Gasteiger partial charge in [0.25, 0.3) is 0 Å². The lowest BCUT2D eigenvalue weighted by Gasteiger charge is -2.07. The SMILES string of the molecule is Cc1ccc2[nH]cc(OC(C)C)c2c1.Cl. The molecule has 0 unspecified atom stereocenters. The Morgan fingerprint density at radius 1 is 1.27 bits per heavy atom. The van der Waals surface area contributed by atoms with Gasteiger partial charge in [0.1, 0.15) is 5.75 Å². The Bertz CT molecular complexity index is 448. The summed E-state index contributed by atoms with van der Waals surface area (Å²) in [6.07, 6.45) is 2.14. The summed E-state index contributed by atoms with van der Waals surface area (Å²) in [5.41, 5.74) is 2.39. The fourth-order valence-electron chi connectivity index (χ4n) is 1.56. The molecule has 15 heavy (non-hydrogen) atoms. The van der Waals surface area contributed by atoms with Gasteiger partial charge in [0, 0.05) is 17.1 Å². The Morgan fingerprint density at radius 3 is 2.67 bits per heavy atom. The molecule has 0 radical (unpaired) electrons. The van der Waals surface area contributed by atoms with E-state index in [0.29, 0.717) is 0 Å². The van der Waals surface area contributed by atoms with E-state index in [-0.39, 0.29) is 18.5 Å². The molecule has 2 rings (SSSR count). The standard InChI is InChI=1S/C12H15NO.ClH/c1-8(2)14-12-7-13-11-5-4-9(3)6-10(11)12;/h4-8,13H,1-3H3;1H. The number of rotatable bonds is 2. The second-order valence-corrected chi connectivity index (χ2v) is 3.87. The van der Waals surface area contributed by atoms with Gasteiger partial charge >= 0.3 is 0 Å². The predicted octanol–water partition coefficient (Wildman–Crippen LogP) is 3.69. The number of halogens is 1. The molecule has 2 aromatic rings. The number of H-pyrrole nitrogens is 1. The van der Waals surface area contributed by atoms with Crippen molar-refractivity contribution in [3.05, 3.63) is 30.0 Å². The van der Waals surface area contributed by atoms with Crippen LogP contribution >= 0.6 is 12.4 Å². The number of fused-ring (bicyclic) bond motifs is 1. The van der Waals surface area contributed by atoms with Crippen molar-refractivity contribution < 1.29 is 4.74 Å². The van der Waals surface area contributed by atoms with Crippen molar-refractivity contribution in [1.29, 1.82) is 0 Å². The molecule has 1 heterocycles. The molecular weight excluding hydrogens is 210 g/mol. The third kappa shape index (κ3) is 2.45. The van der Waals surface area contributed by atoms with Gasteiger partial charge in [-0.1, -0.05) is 11.6 Å². The van der Waals surface area contributed by atoms with Crippen molar-refractivity contribution in [2.45, 2.75) is 26.9 Å². The highest BCUT2D eigenvalue weighted by Crippen LogP contribution is 2.26. The molecule has 1 aromatic heterocycles. The lowest BCUT2D eigenvalue weighted by atomic mass is 10.2. The van der Waals surface area contributed by atoms with Crippen molar-refractivity contribution in [3.63, 3.8) is 0 Å². The van der Waals surface area contributed by atoms with Crippen LogP contribution in [-0.4, -0.2) is 11.1 Å². The maximum atomic E-state index is 5.69. The summed E-state index contributed by atoms with van der Waals surface area (Å²) in [6.45, 7) is 6.16. The van der Waals surface area contributed by atoms with E-state index in [9.17, 15) is 0 Å². The van der Waals surface area contributed by atoms with Gasteiger partial charge < -0.3 is 9.72 Å². The molecule has 0 fully saturated rings. The van der Waals surface area contributed by atoms with Crippen molar-refractivity contribution in [2.75, 3.05) is 0 Å². The predicted molar refractivity (Wildman–Crippen MR) is 66.0 cm³/mol. The normalized spacial score (nSPS) is 10.4. The van der Waals surface area contributed by atoms with Crippen LogP contribution in [0, 0.1) is 6.92 Å². The maximum absolute atomic E-state index is 5.69. The molecule has 0 amide bonds. The largest absolute Gasteiger partial charge is 0.489 e. The van der Waals surface area contributed by atoms with E-state index in [1.807, 2.05) is 20.0 Å². The van der Waals surface area contributed by atoms with Crippen molar-refractivity contribution in [3.8, 4) is 5.75 Å². The van der Waals surface area contributed by atoms with Crippen LogP contribution < -0.4 is 4.74 Å². The van der Waals surface area contributed by atoms with Crippen LogP contribution in [0.5, 0.6) is 5.75 Å². The lowest BCUT2D eigenvalue weighted by Crippen LogP contribution is -2.04. The Morgan fingerprint density at radius 2 is 2.00 bits per heavy atom. The number of hydrogen-bond donors (Lipinski definition) is 1. The summed E-state index contributed by atoms with van der Waals surface area (Å²) in [4.78, 5) is 3.20. The Balaban J connectivity index is 0.00000112.